The fraction of sp³-hybridized carbons (Fsp3) is 0.103. The van der Waals surface area contributed by atoms with E-state index in [-0.39, 0.29) is 11.8 Å². The average Bonchev–Trinajstić information content (AvgIpc) is 2.92. The second-order valence-corrected chi connectivity index (χ2v) is 7.77. The van der Waals surface area contributed by atoms with Crippen LogP contribution in [0.1, 0.15) is 20.7 Å². The van der Waals surface area contributed by atoms with Crippen LogP contribution in [0.3, 0.4) is 0 Å². The largest absolute Gasteiger partial charge is 0.490 e. The Bertz CT molecular complexity index is 1260. The van der Waals surface area contributed by atoms with Crippen molar-refractivity contribution >= 4 is 23.2 Å². The highest BCUT2D eigenvalue weighted by atomic mass is 16.5. The molecule has 6 nitrogen and oxygen atoms in total. The number of amides is 2. The summed E-state index contributed by atoms with van der Waals surface area (Å²) in [6.45, 7) is 0.748. The lowest BCUT2D eigenvalue weighted by Crippen LogP contribution is -2.26. The number of carbonyl (C=O) groups excluding carboxylic acids is 2. The Morgan fingerprint density at radius 2 is 1.29 bits per heavy atom. The van der Waals surface area contributed by atoms with Crippen molar-refractivity contribution < 1.29 is 19.1 Å². The van der Waals surface area contributed by atoms with Gasteiger partial charge in [0.15, 0.2) is 0 Å². The molecule has 0 aromatic heterocycles. The first-order valence-electron chi connectivity index (χ1n) is 11.3. The van der Waals surface area contributed by atoms with Gasteiger partial charge < -0.3 is 19.7 Å². The monoisotopic (exact) mass is 466 g/mol. The molecule has 35 heavy (non-hydrogen) atoms. The number of hydrogen-bond donors (Lipinski definition) is 1. The Kier molecular flexibility index (Phi) is 7.76. The molecule has 176 valence electrons. The number of hydrogen-bond acceptors (Lipinski definition) is 4. The van der Waals surface area contributed by atoms with E-state index >= 15 is 0 Å². The van der Waals surface area contributed by atoms with Crippen LogP contribution in [0.25, 0.3) is 0 Å². The lowest BCUT2D eigenvalue weighted by molar-refractivity contribution is 0.0991. The molecule has 0 spiro atoms. The normalized spacial score (nSPS) is 10.3. The summed E-state index contributed by atoms with van der Waals surface area (Å²) in [5, 5.41) is 2.86. The fourth-order valence-electron chi connectivity index (χ4n) is 3.42. The molecule has 0 saturated carbocycles. The molecule has 0 aliphatic carbocycles. The molecule has 6 heteroatoms. The van der Waals surface area contributed by atoms with Crippen LogP contribution >= 0.6 is 0 Å². The Hall–Kier alpha value is -4.58. The molecule has 0 heterocycles. The number of para-hydroxylation sites is 2. The van der Waals surface area contributed by atoms with Crippen LogP contribution in [-0.4, -0.2) is 32.1 Å². The zero-order valence-electron chi connectivity index (χ0n) is 19.4. The molecular formula is C29H26N2O4. The minimum absolute atomic E-state index is 0.129. The summed E-state index contributed by atoms with van der Waals surface area (Å²) in [5.41, 5.74) is 2.40. The second kappa shape index (κ2) is 11.5. The standard InChI is InChI=1S/C29H26N2O4/c1-31(25-10-4-2-5-11-25)29(33)22-15-17-24(18-16-22)30-28(32)23-9-8-14-27(21-23)35-20-19-34-26-12-6-3-7-13-26/h2-18,21H,19-20H2,1H3,(H,30,32). The van der Waals surface area contributed by atoms with Crippen molar-refractivity contribution in [2.24, 2.45) is 0 Å². The lowest BCUT2D eigenvalue weighted by Gasteiger charge is -2.17. The number of carbonyl (C=O) groups is 2. The predicted molar refractivity (Wildman–Crippen MR) is 137 cm³/mol. The maximum atomic E-state index is 12.7. The number of ether oxygens (including phenoxy) is 2. The maximum absolute atomic E-state index is 12.7. The van der Waals surface area contributed by atoms with Crippen molar-refractivity contribution in [1.82, 2.24) is 0 Å². The van der Waals surface area contributed by atoms with E-state index in [1.807, 2.05) is 60.7 Å². The first-order valence-corrected chi connectivity index (χ1v) is 11.3. The molecule has 4 aromatic carbocycles. The smallest absolute Gasteiger partial charge is 0.258 e. The molecule has 0 atom stereocenters. The zero-order valence-corrected chi connectivity index (χ0v) is 19.4. The van der Waals surface area contributed by atoms with Gasteiger partial charge in [-0.25, -0.2) is 0 Å². The third kappa shape index (κ3) is 6.48. The van der Waals surface area contributed by atoms with E-state index in [2.05, 4.69) is 5.32 Å². The van der Waals surface area contributed by atoms with E-state index in [4.69, 9.17) is 9.47 Å². The SMILES string of the molecule is CN(C(=O)c1ccc(NC(=O)c2cccc(OCCOc3ccccc3)c2)cc1)c1ccccc1. The van der Waals surface area contributed by atoms with E-state index in [1.54, 1.807) is 60.5 Å². The Labute approximate surface area is 204 Å². The lowest BCUT2D eigenvalue weighted by atomic mass is 10.1. The molecular weight excluding hydrogens is 440 g/mol. The third-order valence-electron chi connectivity index (χ3n) is 5.30. The molecule has 0 radical (unpaired) electrons. The van der Waals surface area contributed by atoms with Gasteiger partial charge in [-0.3, -0.25) is 9.59 Å². The van der Waals surface area contributed by atoms with Crippen molar-refractivity contribution in [2.45, 2.75) is 0 Å². The van der Waals surface area contributed by atoms with Gasteiger partial charge in [0.2, 0.25) is 0 Å². The van der Waals surface area contributed by atoms with E-state index in [9.17, 15) is 9.59 Å². The van der Waals surface area contributed by atoms with E-state index in [0.717, 1.165) is 11.4 Å². The van der Waals surface area contributed by atoms with Crippen LogP contribution in [0, 0.1) is 0 Å². The van der Waals surface area contributed by atoms with Crippen molar-refractivity contribution in [3.63, 3.8) is 0 Å². The number of anilines is 2. The van der Waals surface area contributed by atoms with Crippen molar-refractivity contribution in [1.29, 1.82) is 0 Å². The minimum Gasteiger partial charge on any atom is -0.490 e. The average molecular weight is 467 g/mol. The molecule has 0 bridgehead atoms. The van der Waals surface area contributed by atoms with Gasteiger partial charge in [-0.2, -0.15) is 0 Å². The quantitative estimate of drug-likeness (QED) is 0.323. The fourth-order valence-corrected chi connectivity index (χ4v) is 3.42. The van der Waals surface area contributed by atoms with E-state index < -0.39 is 0 Å². The van der Waals surface area contributed by atoms with Crippen LogP contribution < -0.4 is 19.7 Å². The Morgan fingerprint density at radius 3 is 1.97 bits per heavy atom. The number of nitrogens with one attached hydrogen (secondary N) is 1. The minimum atomic E-state index is -0.267. The third-order valence-corrected chi connectivity index (χ3v) is 5.30. The predicted octanol–water partition coefficient (Wildman–Crippen LogP) is 5.67. The van der Waals surface area contributed by atoms with Crippen molar-refractivity contribution in [3.05, 3.63) is 120 Å². The molecule has 0 aliphatic heterocycles. The van der Waals surface area contributed by atoms with Crippen LogP contribution in [0.5, 0.6) is 11.5 Å². The van der Waals surface area contributed by atoms with Gasteiger partial charge in [-0.05, 0) is 66.7 Å². The van der Waals surface area contributed by atoms with Gasteiger partial charge in [0, 0.05) is 29.5 Å². The molecule has 0 unspecified atom stereocenters. The molecule has 4 rings (SSSR count). The first kappa shape index (κ1) is 23.6. The Balaban J connectivity index is 1.31. The molecule has 0 aliphatic rings. The topological polar surface area (TPSA) is 67.9 Å². The first-order chi connectivity index (χ1) is 17.1. The highest BCUT2D eigenvalue weighted by Crippen LogP contribution is 2.19. The van der Waals surface area contributed by atoms with Gasteiger partial charge in [0.25, 0.3) is 11.8 Å². The summed E-state index contributed by atoms with van der Waals surface area (Å²) in [5.74, 6) is 0.967. The summed E-state index contributed by atoms with van der Waals surface area (Å²) in [7, 11) is 1.73. The molecule has 4 aromatic rings. The van der Waals surface area contributed by atoms with E-state index in [1.165, 1.54) is 0 Å². The van der Waals surface area contributed by atoms with Crippen LogP contribution in [0.2, 0.25) is 0 Å². The summed E-state index contributed by atoms with van der Waals surface area (Å²) in [6, 6.07) is 32.7. The molecule has 0 saturated heterocycles. The number of nitrogens with zero attached hydrogens (tertiary/aromatic N) is 1. The van der Waals surface area contributed by atoms with Crippen LogP contribution in [0.4, 0.5) is 11.4 Å². The van der Waals surface area contributed by atoms with Gasteiger partial charge >= 0.3 is 0 Å². The number of benzene rings is 4. The summed E-state index contributed by atoms with van der Waals surface area (Å²) >= 11 is 0. The molecule has 2 amide bonds. The summed E-state index contributed by atoms with van der Waals surface area (Å²) in [4.78, 5) is 27.1. The molecule has 0 fully saturated rings. The highest BCUT2D eigenvalue weighted by Gasteiger charge is 2.14. The Morgan fingerprint density at radius 1 is 0.686 bits per heavy atom. The molecule has 1 N–H and O–H groups in total. The number of rotatable bonds is 9. The van der Waals surface area contributed by atoms with Crippen molar-refractivity contribution in [2.75, 3.05) is 30.5 Å². The van der Waals surface area contributed by atoms with Gasteiger partial charge in [-0.15, -0.1) is 0 Å². The van der Waals surface area contributed by atoms with Crippen LogP contribution in [-0.2, 0) is 0 Å². The van der Waals surface area contributed by atoms with Crippen LogP contribution in [0.15, 0.2) is 109 Å². The van der Waals surface area contributed by atoms with Gasteiger partial charge in [-0.1, -0.05) is 42.5 Å². The highest BCUT2D eigenvalue weighted by molar-refractivity contribution is 6.07. The maximum Gasteiger partial charge on any atom is 0.258 e. The summed E-state index contributed by atoms with van der Waals surface area (Å²) in [6.07, 6.45) is 0. The second-order valence-electron chi connectivity index (χ2n) is 7.77. The summed E-state index contributed by atoms with van der Waals surface area (Å²) < 4.78 is 11.3. The van der Waals surface area contributed by atoms with Gasteiger partial charge in [0.05, 0.1) is 0 Å². The van der Waals surface area contributed by atoms with Crippen molar-refractivity contribution in [3.8, 4) is 11.5 Å². The zero-order chi connectivity index (χ0) is 24.5. The van der Waals surface area contributed by atoms with Gasteiger partial charge in [0.1, 0.15) is 24.7 Å². The van der Waals surface area contributed by atoms with E-state index in [0.29, 0.717) is 35.8 Å².